The number of rotatable bonds is 6. The highest BCUT2D eigenvalue weighted by molar-refractivity contribution is 7.98. The fraction of sp³-hybridized carbons (Fsp3) is 0.462. The number of thioether (sulfide) groups is 1. The van der Waals surface area contributed by atoms with Crippen LogP contribution in [0.5, 0.6) is 0 Å². The average Bonchev–Trinajstić information content (AvgIpc) is 2.30. The molecule has 0 saturated heterocycles. The molecule has 0 fully saturated rings. The largest absolute Gasteiger partial charge is 0.349 e. The van der Waals surface area contributed by atoms with E-state index in [-0.39, 0.29) is 11.9 Å². The molecule has 0 radical (unpaired) electrons. The number of carbonyl (C=O) groups excluding carboxylic acids is 1. The normalized spacial score (nSPS) is 12.2. The van der Waals surface area contributed by atoms with E-state index < -0.39 is 0 Å². The Kier molecular flexibility index (Phi) is 6.08. The summed E-state index contributed by atoms with van der Waals surface area (Å²) in [5, 5.41) is 2.96. The van der Waals surface area contributed by atoms with Crippen LogP contribution < -0.4 is 11.1 Å². The molecular formula is C13H20N2OS. The average molecular weight is 252 g/mol. The number of nitrogens with two attached hydrogens (primary N) is 1. The van der Waals surface area contributed by atoms with Gasteiger partial charge in [-0.05, 0) is 43.8 Å². The first kappa shape index (κ1) is 14.1. The van der Waals surface area contributed by atoms with Crippen LogP contribution in [0, 0.1) is 0 Å². The van der Waals surface area contributed by atoms with Crippen molar-refractivity contribution >= 4 is 17.7 Å². The smallest absolute Gasteiger partial charge is 0.251 e. The fourth-order valence-corrected chi connectivity index (χ4v) is 2.17. The third-order valence-electron chi connectivity index (χ3n) is 2.44. The molecule has 0 aliphatic heterocycles. The maximum atomic E-state index is 11.9. The minimum absolute atomic E-state index is 0.00847. The molecule has 0 bridgehead atoms. The van der Waals surface area contributed by atoms with Gasteiger partial charge in [0.15, 0.2) is 0 Å². The van der Waals surface area contributed by atoms with Crippen LogP contribution >= 0.6 is 11.8 Å². The second-order valence-corrected chi connectivity index (χ2v) is 4.98. The van der Waals surface area contributed by atoms with Crippen LogP contribution in [-0.4, -0.2) is 30.5 Å². The molecule has 1 aromatic rings. The Bertz CT molecular complexity index is 351. The molecule has 1 atom stereocenters. The van der Waals surface area contributed by atoms with E-state index in [2.05, 4.69) is 5.32 Å². The van der Waals surface area contributed by atoms with Gasteiger partial charge in [-0.15, -0.1) is 0 Å². The summed E-state index contributed by atoms with van der Waals surface area (Å²) in [4.78, 5) is 11.9. The van der Waals surface area contributed by atoms with Gasteiger partial charge >= 0.3 is 0 Å². The number of carbonyl (C=O) groups is 1. The first-order valence-corrected chi connectivity index (χ1v) is 7.15. The molecule has 0 aliphatic carbocycles. The number of amides is 1. The van der Waals surface area contributed by atoms with Crippen molar-refractivity contribution in [1.29, 1.82) is 0 Å². The number of benzene rings is 1. The molecule has 3 N–H and O–H groups in total. The molecule has 0 spiro atoms. The molecule has 0 aromatic heterocycles. The van der Waals surface area contributed by atoms with Crippen molar-refractivity contribution in [2.45, 2.75) is 19.4 Å². The van der Waals surface area contributed by atoms with Crippen LogP contribution in [0.3, 0.4) is 0 Å². The molecular weight excluding hydrogens is 232 g/mol. The van der Waals surface area contributed by atoms with E-state index in [4.69, 9.17) is 5.73 Å². The van der Waals surface area contributed by atoms with Crippen LogP contribution in [0.2, 0.25) is 0 Å². The maximum absolute atomic E-state index is 11.9. The first-order valence-electron chi connectivity index (χ1n) is 5.76. The highest BCUT2D eigenvalue weighted by atomic mass is 32.2. The van der Waals surface area contributed by atoms with Crippen molar-refractivity contribution in [3.63, 3.8) is 0 Å². The van der Waals surface area contributed by atoms with Gasteiger partial charge in [0.25, 0.3) is 5.91 Å². The lowest BCUT2D eigenvalue weighted by Crippen LogP contribution is -2.34. The van der Waals surface area contributed by atoms with Crippen molar-refractivity contribution in [2.75, 3.05) is 18.6 Å². The van der Waals surface area contributed by atoms with Crippen LogP contribution in [0.15, 0.2) is 24.3 Å². The third kappa shape index (κ3) is 4.79. The minimum atomic E-state index is -0.00847. The lowest BCUT2D eigenvalue weighted by atomic mass is 10.1. The molecule has 94 valence electrons. The zero-order valence-corrected chi connectivity index (χ0v) is 11.2. The summed E-state index contributed by atoms with van der Waals surface area (Å²) in [5.41, 5.74) is 7.35. The summed E-state index contributed by atoms with van der Waals surface area (Å²) in [6, 6.07) is 7.82. The predicted molar refractivity (Wildman–Crippen MR) is 74.5 cm³/mol. The number of hydrogen-bond donors (Lipinski definition) is 2. The summed E-state index contributed by atoms with van der Waals surface area (Å²) in [6.07, 6.45) is 2.88. The van der Waals surface area contributed by atoms with Gasteiger partial charge in [0.1, 0.15) is 0 Å². The molecule has 1 aromatic carbocycles. The molecule has 1 amide bonds. The Morgan fingerprint density at radius 1 is 1.41 bits per heavy atom. The second-order valence-electron chi connectivity index (χ2n) is 4.07. The van der Waals surface area contributed by atoms with Gasteiger partial charge < -0.3 is 11.1 Å². The first-order chi connectivity index (χ1) is 8.17. The monoisotopic (exact) mass is 252 g/mol. The SMILES string of the molecule is CSCC(C)NC(=O)c1ccc(CCN)cc1. The van der Waals surface area contributed by atoms with Gasteiger partial charge in [0.2, 0.25) is 0 Å². The zero-order valence-electron chi connectivity index (χ0n) is 10.4. The van der Waals surface area contributed by atoms with Gasteiger partial charge in [0.05, 0.1) is 0 Å². The minimum Gasteiger partial charge on any atom is -0.349 e. The molecule has 1 unspecified atom stereocenters. The van der Waals surface area contributed by atoms with E-state index in [1.54, 1.807) is 11.8 Å². The lowest BCUT2D eigenvalue weighted by Gasteiger charge is -2.12. The quantitative estimate of drug-likeness (QED) is 0.809. The lowest BCUT2D eigenvalue weighted by molar-refractivity contribution is 0.0944. The van der Waals surface area contributed by atoms with Gasteiger partial charge in [0, 0.05) is 17.4 Å². The van der Waals surface area contributed by atoms with E-state index >= 15 is 0 Å². The molecule has 0 saturated carbocycles. The second kappa shape index (κ2) is 7.35. The Balaban J connectivity index is 2.57. The summed E-state index contributed by atoms with van der Waals surface area (Å²) in [7, 11) is 0. The van der Waals surface area contributed by atoms with Crippen molar-refractivity contribution < 1.29 is 4.79 Å². The highest BCUT2D eigenvalue weighted by Gasteiger charge is 2.08. The molecule has 17 heavy (non-hydrogen) atoms. The zero-order chi connectivity index (χ0) is 12.7. The molecule has 0 aliphatic rings. The van der Waals surface area contributed by atoms with Crippen molar-refractivity contribution in [2.24, 2.45) is 5.73 Å². The number of nitrogens with one attached hydrogen (secondary N) is 1. The van der Waals surface area contributed by atoms with Crippen molar-refractivity contribution in [3.05, 3.63) is 35.4 Å². The summed E-state index contributed by atoms with van der Waals surface area (Å²) >= 11 is 1.73. The van der Waals surface area contributed by atoms with Crippen LogP contribution in [0.1, 0.15) is 22.8 Å². The van der Waals surface area contributed by atoms with Gasteiger partial charge in [-0.3, -0.25) is 4.79 Å². The Hall–Kier alpha value is -1.00. The van der Waals surface area contributed by atoms with Crippen LogP contribution in [0.4, 0.5) is 0 Å². The van der Waals surface area contributed by atoms with E-state index in [9.17, 15) is 4.79 Å². The standard InChI is InChI=1S/C13H20N2OS/c1-10(9-17-2)15-13(16)12-5-3-11(4-6-12)7-8-14/h3-6,10H,7-9,14H2,1-2H3,(H,15,16). The van der Waals surface area contributed by atoms with Crippen LogP contribution in [-0.2, 0) is 6.42 Å². The molecule has 0 heterocycles. The van der Waals surface area contributed by atoms with Gasteiger partial charge in [-0.1, -0.05) is 12.1 Å². The van der Waals surface area contributed by atoms with E-state index in [0.717, 1.165) is 12.2 Å². The Morgan fingerprint density at radius 3 is 2.59 bits per heavy atom. The predicted octanol–water partition coefficient (Wildman–Crippen LogP) is 1.67. The molecule has 3 nitrogen and oxygen atoms in total. The number of hydrogen-bond acceptors (Lipinski definition) is 3. The molecule has 4 heteroatoms. The Morgan fingerprint density at radius 2 is 2.06 bits per heavy atom. The van der Waals surface area contributed by atoms with Gasteiger partial charge in [-0.2, -0.15) is 11.8 Å². The highest BCUT2D eigenvalue weighted by Crippen LogP contribution is 2.06. The van der Waals surface area contributed by atoms with Crippen molar-refractivity contribution in [1.82, 2.24) is 5.32 Å². The third-order valence-corrected chi connectivity index (χ3v) is 3.28. The van der Waals surface area contributed by atoms with Crippen LogP contribution in [0.25, 0.3) is 0 Å². The van der Waals surface area contributed by atoms with Gasteiger partial charge in [-0.25, -0.2) is 0 Å². The maximum Gasteiger partial charge on any atom is 0.251 e. The Labute approximate surface area is 107 Å². The topological polar surface area (TPSA) is 55.1 Å². The fourth-order valence-electron chi connectivity index (χ4n) is 1.59. The van der Waals surface area contributed by atoms with E-state index in [1.807, 2.05) is 37.4 Å². The molecule has 1 rings (SSSR count). The summed E-state index contributed by atoms with van der Waals surface area (Å²) in [6.45, 7) is 2.65. The van der Waals surface area contributed by atoms with E-state index in [0.29, 0.717) is 12.1 Å². The summed E-state index contributed by atoms with van der Waals surface area (Å²) in [5.74, 6) is 0.919. The van der Waals surface area contributed by atoms with Crippen molar-refractivity contribution in [3.8, 4) is 0 Å². The van der Waals surface area contributed by atoms with E-state index in [1.165, 1.54) is 5.56 Å². The summed E-state index contributed by atoms with van der Waals surface area (Å²) < 4.78 is 0.